The minimum absolute atomic E-state index is 0.628. The van der Waals surface area contributed by atoms with Gasteiger partial charge >= 0.3 is 0 Å². The first kappa shape index (κ1) is 18.3. The Hall–Kier alpha value is -3.12. The third kappa shape index (κ3) is 4.07. The maximum absolute atomic E-state index is 11.0. The highest BCUT2D eigenvalue weighted by Gasteiger charge is 2.19. The van der Waals surface area contributed by atoms with E-state index in [1.807, 2.05) is 60.7 Å². The zero-order valence-electron chi connectivity index (χ0n) is 15.3. The molecule has 0 aliphatic carbocycles. The Morgan fingerprint density at radius 2 is 1.64 bits per heavy atom. The Labute approximate surface area is 168 Å². The van der Waals surface area contributed by atoms with E-state index >= 15 is 0 Å². The van der Waals surface area contributed by atoms with Gasteiger partial charge in [0.05, 0.1) is 10.7 Å². The van der Waals surface area contributed by atoms with Crippen LogP contribution < -0.4 is 10.2 Å². The highest BCUT2D eigenvalue weighted by Crippen LogP contribution is 2.28. The van der Waals surface area contributed by atoms with Gasteiger partial charge in [0.25, 0.3) is 0 Å². The third-order valence-corrected chi connectivity index (χ3v) is 5.00. The number of nitrogens with one attached hydrogen (secondary N) is 1. The first-order chi connectivity index (χ1) is 13.7. The molecule has 1 aliphatic heterocycles. The van der Waals surface area contributed by atoms with E-state index in [4.69, 9.17) is 21.6 Å². The van der Waals surface area contributed by atoms with Crippen LogP contribution in [0.25, 0.3) is 11.4 Å². The molecule has 6 nitrogen and oxygen atoms in total. The van der Waals surface area contributed by atoms with Gasteiger partial charge in [-0.25, -0.2) is 9.97 Å². The minimum atomic E-state index is 0.628. The second-order valence-electron chi connectivity index (χ2n) is 6.53. The summed E-state index contributed by atoms with van der Waals surface area (Å²) in [6.45, 7) is 2.83. The Balaban J connectivity index is 1.69. The average molecular weight is 394 g/mol. The van der Waals surface area contributed by atoms with Crippen molar-refractivity contribution in [3.63, 3.8) is 0 Å². The van der Waals surface area contributed by atoms with Gasteiger partial charge in [-0.2, -0.15) is 0 Å². The van der Waals surface area contributed by atoms with E-state index in [1.165, 1.54) is 0 Å². The lowest BCUT2D eigenvalue weighted by atomic mass is 10.2. The number of hydrogen-bond acceptors (Lipinski definition) is 5. The van der Waals surface area contributed by atoms with E-state index in [1.54, 1.807) is 4.90 Å². The molecule has 7 heteroatoms. The number of anilines is 3. The molecule has 2 heterocycles. The number of amides is 1. The van der Waals surface area contributed by atoms with Crippen LogP contribution in [0.4, 0.5) is 17.3 Å². The number of para-hydroxylation sites is 1. The van der Waals surface area contributed by atoms with Gasteiger partial charge in [0, 0.05) is 37.8 Å². The Morgan fingerprint density at radius 3 is 2.36 bits per heavy atom. The fourth-order valence-corrected chi connectivity index (χ4v) is 3.32. The molecule has 0 atom stereocenters. The SMILES string of the molecule is O=CN1CCN(c2cc(Nc3ccccc3Cl)nc(-c3ccccc3)n2)CC1. The number of hydrogen-bond donors (Lipinski definition) is 1. The molecule has 0 bridgehead atoms. The minimum Gasteiger partial charge on any atom is -0.353 e. The number of piperazine rings is 1. The summed E-state index contributed by atoms with van der Waals surface area (Å²) in [7, 11) is 0. The topological polar surface area (TPSA) is 61.4 Å². The van der Waals surface area contributed by atoms with Crippen LogP contribution in [0.15, 0.2) is 60.7 Å². The zero-order chi connectivity index (χ0) is 19.3. The van der Waals surface area contributed by atoms with Crippen molar-refractivity contribution in [2.45, 2.75) is 0 Å². The number of rotatable bonds is 5. The average Bonchev–Trinajstić information content (AvgIpc) is 2.76. The van der Waals surface area contributed by atoms with E-state index in [0.29, 0.717) is 29.8 Å². The molecule has 1 N–H and O–H groups in total. The van der Waals surface area contributed by atoms with Crippen molar-refractivity contribution in [1.29, 1.82) is 0 Å². The first-order valence-electron chi connectivity index (χ1n) is 9.13. The number of nitrogens with zero attached hydrogens (tertiary/aromatic N) is 4. The van der Waals surface area contributed by atoms with Crippen molar-refractivity contribution in [2.24, 2.45) is 0 Å². The molecule has 4 rings (SSSR count). The fraction of sp³-hybridized carbons (Fsp3) is 0.190. The molecule has 0 saturated carbocycles. The largest absolute Gasteiger partial charge is 0.353 e. The quantitative estimate of drug-likeness (QED) is 0.668. The second kappa shape index (κ2) is 8.27. The van der Waals surface area contributed by atoms with Crippen molar-refractivity contribution in [3.05, 3.63) is 65.7 Å². The molecule has 0 unspecified atom stereocenters. The van der Waals surface area contributed by atoms with Crippen LogP contribution in [-0.2, 0) is 4.79 Å². The Kier molecular flexibility index (Phi) is 5.39. The Morgan fingerprint density at radius 1 is 0.929 bits per heavy atom. The highest BCUT2D eigenvalue weighted by atomic mass is 35.5. The summed E-state index contributed by atoms with van der Waals surface area (Å²) < 4.78 is 0. The van der Waals surface area contributed by atoms with Crippen LogP contribution in [0.2, 0.25) is 5.02 Å². The van der Waals surface area contributed by atoms with Crippen LogP contribution in [0, 0.1) is 0 Å². The summed E-state index contributed by atoms with van der Waals surface area (Å²) >= 11 is 6.30. The maximum atomic E-state index is 11.0. The molecule has 1 saturated heterocycles. The normalized spacial score (nSPS) is 14.0. The molecule has 1 amide bonds. The molecular weight excluding hydrogens is 374 g/mol. The molecule has 0 spiro atoms. The molecule has 0 radical (unpaired) electrons. The van der Waals surface area contributed by atoms with Gasteiger partial charge < -0.3 is 15.1 Å². The number of carbonyl (C=O) groups is 1. The predicted molar refractivity (Wildman–Crippen MR) is 112 cm³/mol. The van der Waals surface area contributed by atoms with E-state index in [0.717, 1.165) is 36.6 Å². The van der Waals surface area contributed by atoms with Gasteiger partial charge in [-0.3, -0.25) is 4.79 Å². The van der Waals surface area contributed by atoms with Gasteiger partial charge in [0.15, 0.2) is 5.82 Å². The smallest absolute Gasteiger partial charge is 0.209 e. The van der Waals surface area contributed by atoms with Gasteiger partial charge in [0.1, 0.15) is 11.6 Å². The lowest BCUT2D eigenvalue weighted by Gasteiger charge is -2.33. The molecule has 2 aromatic carbocycles. The van der Waals surface area contributed by atoms with Crippen molar-refractivity contribution < 1.29 is 4.79 Å². The molecule has 1 aromatic heterocycles. The standard InChI is InChI=1S/C21H20ClN5O/c22-17-8-4-5-9-18(17)23-19-14-20(27-12-10-26(15-28)11-13-27)25-21(24-19)16-6-2-1-3-7-16/h1-9,14-15H,10-13H2,(H,23,24,25). The van der Waals surface area contributed by atoms with Gasteiger partial charge in [-0.15, -0.1) is 0 Å². The number of benzene rings is 2. The van der Waals surface area contributed by atoms with E-state index < -0.39 is 0 Å². The van der Waals surface area contributed by atoms with E-state index in [-0.39, 0.29) is 0 Å². The fourth-order valence-electron chi connectivity index (χ4n) is 3.13. The van der Waals surface area contributed by atoms with Crippen LogP contribution in [0.3, 0.4) is 0 Å². The molecule has 142 valence electrons. The summed E-state index contributed by atoms with van der Waals surface area (Å²) in [6, 6.07) is 19.4. The molecule has 3 aromatic rings. The van der Waals surface area contributed by atoms with Crippen LogP contribution >= 0.6 is 11.6 Å². The number of halogens is 1. The lowest BCUT2D eigenvalue weighted by Crippen LogP contribution is -2.46. The van der Waals surface area contributed by atoms with Gasteiger partial charge in [-0.1, -0.05) is 54.1 Å². The summed E-state index contributed by atoms with van der Waals surface area (Å²) in [5, 5.41) is 3.93. The first-order valence-corrected chi connectivity index (χ1v) is 9.51. The van der Waals surface area contributed by atoms with E-state index in [2.05, 4.69) is 10.2 Å². The zero-order valence-corrected chi connectivity index (χ0v) is 16.0. The number of aromatic nitrogens is 2. The van der Waals surface area contributed by atoms with Crippen LogP contribution in [-0.4, -0.2) is 47.5 Å². The maximum Gasteiger partial charge on any atom is 0.209 e. The summed E-state index contributed by atoms with van der Waals surface area (Å²) in [4.78, 5) is 24.4. The van der Waals surface area contributed by atoms with Crippen molar-refractivity contribution >= 4 is 35.3 Å². The highest BCUT2D eigenvalue weighted by molar-refractivity contribution is 6.33. The predicted octanol–water partition coefficient (Wildman–Crippen LogP) is 3.82. The van der Waals surface area contributed by atoms with Gasteiger partial charge in [-0.05, 0) is 12.1 Å². The molecule has 1 fully saturated rings. The number of carbonyl (C=O) groups excluding carboxylic acids is 1. The second-order valence-corrected chi connectivity index (χ2v) is 6.94. The summed E-state index contributed by atoms with van der Waals surface area (Å²) in [5.41, 5.74) is 1.73. The van der Waals surface area contributed by atoms with Crippen molar-refractivity contribution in [1.82, 2.24) is 14.9 Å². The monoisotopic (exact) mass is 393 g/mol. The van der Waals surface area contributed by atoms with Crippen molar-refractivity contribution in [2.75, 3.05) is 36.4 Å². The van der Waals surface area contributed by atoms with Crippen LogP contribution in [0.1, 0.15) is 0 Å². The van der Waals surface area contributed by atoms with Crippen molar-refractivity contribution in [3.8, 4) is 11.4 Å². The molecule has 1 aliphatic rings. The van der Waals surface area contributed by atoms with Gasteiger partial charge in [0.2, 0.25) is 6.41 Å². The lowest BCUT2D eigenvalue weighted by molar-refractivity contribution is -0.118. The summed E-state index contributed by atoms with van der Waals surface area (Å²) in [6.07, 6.45) is 0.900. The molecular formula is C21H20ClN5O. The van der Waals surface area contributed by atoms with Crippen LogP contribution in [0.5, 0.6) is 0 Å². The Bertz CT molecular complexity index is 958. The van der Waals surface area contributed by atoms with E-state index in [9.17, 15) is 4.79 Å². The molecule has 28 heavy (non-hydrogen) atoms. The third-order valence-electron chi connectivity index (χ3n) is 4.67. The summed E-state index contributed by atoms with van der Waals surface area (Å²) in [5.74, 6) is 2.15.